The third kappa shape index (κ3) is 2.85. The third-order valence-electron chi connectivity index (χ3n) is 2.10. The van der Waals surface area contributed by atoms with Crippen LogP contribution in [0, 0.1) is 0 Å². The molecule has 0 fully saturated rings. The number of esters is 2. The molecule has 94 valence electrons. The highest BCUT2D eigenvalue weighted by atomic mass is 16.6. The molecule has 0 atom stereocenters. The Morgan fingerprint density at radius 2 is 1.67 bits per heavy atom. The van der Waals surface area contributed by atoms with E-state index in [-0.39, 0.29) is 16.8 Å². The van der Waals surface area contributed by atoms with Crippen LogP contribution in [0.5, 0.6) is 0 Å². The first-order chi connectivity index (χ1) is 8.34. The van der Waals surface area contributed by atoms with E-state index < -0.39 is 23.5 Å². The van der Waals surface area contributed by atoms with Crippen molar-refractivity contribution in [3.63, 3.8) is 0 Å². The number of hydrogen-bond acceptors (Lipinski definition) is 6. The van der Waals surface area contributed by atoms with Crippen molar-refractivity contribution < 1.29 is 23.9 Å². The first-order valence-corrected chi connectivity index (χ1v) is 5.08. The van der Waals surface area contributed by atoms with Gasteiger partial charge in [-0.2, -0.15) is 0 Å². The zero-order valence-electron chi connectivity index (χ0n) is 10.1. The molecule has 0 saturated carbocycles. The Labute approximate surface area is 103 Å². The molecule has 1 rings (SSSR count). The van der Waals surface area contributed by atoms with E-state index in [2.05, 4.69) is 9.72 Å². The molecule has 1 aromatic rings. The minimum Gasteiger partial charge on any atom is -0.390 e. The Bertz CT molecular complexity index is 515. The van der Waals surface area contributed by atoms with Crippen LogP contribution in [0.3, 0.4) is 0 Å². The maximum absolute atomic E-state index is 11.7. The van der Waals surface area contributed by atoms with Gasteiger partial charge in [0.15, 0.2) is 11.6 Å². The van der Waals surface area contributed by atoms with Gasteiger partial charge in [-0.1, -0.05) is 0 Å². The number of ketones is 2. The van der Waals surface area contributed by atoms with Gasteiger partial charge < -0.3 is 4.74 Å². The van der Waals surface area contributed by atoms with Gasteiger partial charge in [-0.05, 0) is 13.0 Å². The highest BCUT2D eigenvalue weighted by Crippen LogP contribution is 2.15. The van der Waals surface area contributed by atoms with E-state index in [9.17, 15) is 19.2 Å². The SMILES string of the molecule is CC(=O)OC(=O)c1c(C(C)=O)ccnc1C(C)=O. The van der Waals surface area contributed by atoms with Crippen LogP contribution in [0.15, 0.2) is 12.3 Å². The second kappa shape index (κ2) is 5.31. The van der Waals surface area contributed by atoms with E-state index in [1.54, 1.807) is 0 Å². The number of ether oxygens (including phenoxy) is 1. The summed E-state index contributed by atoms with van der Waals surface area (Å²) in [5.74, 6) is -2.79. The standard InChI is InChI=1S/C12H11NO5/c1-6(14)9-4-5-13-11(7(2)15)10(9)12(17)18-8(3)16/h4-5H,1-3H3. The van der Waals surface area contributed by atoms with Gasteiger partial charge in [0.2, 0.25) is 0 Å². The summed E-state index contributed by atoms with van der Waals surface area (Å²) >= 11 is 0. The molecule has 0 N–H and O–H groups in total. The predicted octanol–water partition coefficient (Wildman–Crippen LogP) is 1.19. The number of Topliss-reactive ketones (excluding diaryl/α,β-unsaturated/α-hetero) is 2. The summed E-state index contributed by atoms with van der Waals surface area (Å²) in [6.45, 7) is 3.50. The Balaban J connectivity index is 3.45. The van der Waals surface area contributed by atoms with E-state index in [0.29, 0.717) is 0 Å². The van der Waals surface area contributed by atoms with Crippen molar-refractivity contribution in [3.8, 4) is 0 Å². The number of aromatic nitrogens is 1. The van der Waals surface area contributed by atoms with Crippen LogP contribution in [0.25, 0.3) is 0 Å². The molecule has 0 aliphatic rings. The number of hydrogen-bond donors (Lipinski definition) is 0. The van der Waals surface area contributed by atoms with Crippen LogP contribution in [0.1, 0.15) is 52.0 Å². The summed E-state index contributed by atoms with van der Waals surface area (Å²) in [5.41, 5.74) is -0.455. The average Bonchev–Trinajstić information content (AvgIpc) is 2.26. The smallest absolute Gasteiger partial charge is 0.348 e. The van der Waals surface area contributed by atoms with Crippen molar-refractivity contribution in [2.24, 2.45) is 0 Å². The van der Waals surface area contributed by atoms with Crippen molar-refractivity contribution in [3.05, 3.63) is 29.1 Å². The lowest BCUT2D eigenvalue weighted by Crippen LogP contribution is -2.18. The molecule has 0 spiro atoms. The van der Waals surface area contributed by atoms with Crippen LogP contribution in [0.2, 0.25) is 0 Å². The molecular formula is C12H11NO5. The lowest BCUT2D eigenvalue weighted by atomic mass is 10.0. The van der Waals surface area contributed by atoms with E-state index in [1.165, 1.54) is 26.1 Å². The average molecular weight is 249 g/mol. The normalized spacial score (nSPS) is 9.72. The van der Waals surface area contributed by atoms with Crippen molar-refractivity contribution >= 4 is 23.5 Å². The van der Waals surface area contributed by atoms with Gasteiger partial charge in [0.1, 0.15) is 11.3 Å². The van der Waals surface area contributed by atoms with Gasteiger partial charge in [0.25, 0.3) is 0 Å². The van der Waals surface area contributed by atoms with Gasteiger partial charge >= 0.3 is 11.9 Å². The van der Waals surface area contributed by atoms with E-state index in [1.807, 2.05) is 0 Å². The summed E-state index contributed by atoms with van der Waals surface area (Å²) in [6.07, 6.45) is 1.25. The monoisotopic (exact) mass is 249 g/mol. The summed E-state index contributed by atoms with van der Waals surface area (Å²) in [7, 11) is 0. The Hall–Kier alpha value is -2.37. The molecule has 0 saturated heterocycles. The molecule has 1 heterocycles. The molecular weight excluding hydrogens is 238 g/mol. The molecule has 0 unspecified atom stereocenters. The molecule has 6 nitrogen and oxygen atoms in total. The fourth-order valence-corrected chi connectivity index (χ4v) is 1.41. The van der Waals surface area contributed by atoms with Gasteiger partial charge in [0.05, 0.1) is 0 Å². The van der Waals surface area contributed by atoms with Crippen molar-refractivity contribution in [1.82, 2.24) is 4.98 Å². The number of nitrogens with zero attached hydrogens (tertiary/aromatic N) is 1. The minimum absolute atomic E-state index is 0.00134. The highest BCUT2D eigenvalue weighted by molar-refractivity contribution is 6.13. The second-order valence-corrected chi connectivity index (χ2v) is 3.58. The maximum atomic E-state index is 11.7. The highest BCUT2D eigenvalue weighted by Gasteiger charge is 2.24. The van der Waals surface area contributed by atoms with Gasteiger partial charge in [-0.15, -0.1) is 0 Å². The number of carbonyl (C=O) groups is 4. The van der Waals surface area contributed by atoms with E-state index >= 15 is 0 Å². The first kappa shape index (κ1) is 13.7. The van der Waals surface area contributed by atoms with E-state index in [4.69, 9.17) is 0 Å². The van der Waals surface area contributed by atoms with Crippen LogP contribution >= 0.6 is 0 Å². The lowest BCUT2D eigenvalue weighted by Gasteiger charge is -2.08. The van der Waals surface area contributed by atoms with Crippen molar-refractivity contribution in [1.29, 1.82) is 0 Å². The summed E-state index contributed by atoms with van der Waals surface area (Å²) in [4.78, 5) is 49.0. The Morgan fingerprint density at radius 1 is 1.06 bits per heavy atom. The Kier molecular flexibility index (Phi) is 4.04. The van der Waals surface area contributed by atoms with Crippen molar-refractivity contribution in [2.45, 2.75) is 20.8 Å². The maximum Gasteiger partial charge on any atom is 0.348 e. The molecule has 6 heteroatoms. The fraction of sp³-hybridized carbons (Fsp3) is 0.250. The topological polar surface area (TPSA) is 90.4 Å². The largest absolute Gasteiger partial charge is 0.390 e. The van der Waals surface area contributed by atoms with Crippen molar-refractivity contribution in [2.75, 3.05) is 0 Å². The van der Waals surface area contributed by atoms with Gasteiger partial charge in [0, 0.05) is 25.6 Å². The van der Waals surface area contributed by atoms with Gasteiger partial charge in [-0.3, -0.25) is 19.4 Å². The lowest BCUT2D eigenvalue weighted by molar-refractivity contribution is -0.135. The molecule has 18 heavy (non-hydrogen) atoms. The molecule has 0 aromatic carbocycles. The zero-order chi connectivity index (χ0) is 13.9. The fourth-order valence-electron chi connectivity index (χ4n) is 1.41. The summed E-state index contributed by atoms with van der Waals surface area (Å²) < 4.78 is 4.40. The molecule has 0 radical (unpaired) electrons. The minimum atomic E-state index is -1.05. The molecule has 0 aliphatic heterocycles. The number of carbonyl (C=O) groups excluding carboxylic acids is 4. The van der Waals surface area contributed by atoms with E-state index in [0.717, 1.165) is 6.92 Å². The molecule has 0 aliphatic carbocycles. The first-order valence-electron chi connectivity index (χ1n) is 5.08. The quantitative estimate of drug-likeness (QED) is 0.454. The summed E-state index contributed by atoms with van der Waals surface area (Å²) in [5, 5.41) is 0. The second-order valence-electron chi connectivity index (χ2n) is 3.58. The van der Waals surface area contributed by atoms with Gasteiger partial charge in [-0.25, -0.2) is 4.79 Å². The zero-order valence-corrected chi connectivity index (χ0v) is 10.1. The number of rotatable bonds is 3. The third-order valence-corrected chi connectivity index (χ3v) is 2.10. The number of pyridine rings is 1. The Morgan fingerprint density at radius 3 is 2.11 bits per heavy atom. The van der Waals surface area contributed by atoms with Crippen LogP contribution in [-0.2, 0) is 9.53 Å². The van der Waals surface area contributed by atoms with Crippen LogP contribution in [-0.4, -0.2) is 28.5 Å². The predicted molar refractivity (Wildman–Crippen MR) is 60.3 cm³/mol. The molecule has 1 aromatic heterocycles. The van der Waals surface area contributed by atoms with Crippen LogP contribution in [0.4, 0.5) is 0 Å². The molecule has 0 amide bonds. The van der Waals surface area contributed by atoms with Crippen LogP contribution < -0.4 is 0 Å². The summed E-state index contributed by atoms with van der Waals surface area (Å²) in [6, 6.07) is 1.30. The molecule has 0 bridgehead atoms.